The van der Waals surface area contributed by atoms with Crippen LogP contribution in [0.4, 0.5) is 0 Å². The molecule has 4 nitrogen and oxygen atoms in total. The summed E-state index contributed by atoms with van der Waals surface area (Å²) in [6, 6.07) is 1.78. The molecule has 4 heteroatoms. The van der Waals surface area contributed by atoms with Crippen LogP contribution in [0.5, 0.6) is 0 Å². The molecule has 64 valence electrons. The molecule has 1 heterocycles. The van der Waals surface area contributed by atoms with Crippen LogP contribution in [0.3, 0.4) is 0 Å². The van der Waals surface area contributed by atoms with Gasteiger partial charge < -0.3 is 5.32 Å². The molecule has 0 aliphatic carbocycles. The molecule has 0 aliphatic rings. The lowest BCUT2D eigenvalue weighted by Gasteiger charge is -2.01. The number of carbonyl (C=O) groups excluding carboxylic acids is 1. The summed E-state index contributed by atoms with van der Waals surface area (Å²) in [5, 5.41) is 6.55. The normalized spacial score (nSPS) is 9.33. The molecule has 12 heavy (non-hydrogen) atoms. The van der Waals surface area contributed by atoms with Gasteiger partial charge in [0.25, 0.3) is 0 Å². The van der Waals surface area contributed by atoms with Crippen LogP contribution in [0, 0.1) is 0 Å². The number of amides is 1. The molecule has 0 saturated carbocycles. The van der Waals surface area contributed by atoms with E-state index in [-0.39, 0.29) is 12.5 Å². The number of aromatic nitrogens is 2. The van der Waals surface area contributed by atoms with Crippen molar-refractivity contribution in [2.24, 2.45) is 0 Å². The predicted octanol–water partition coefficient (Wildman–Crippen LogP) is 0.185. The third-order valence-corrected chi connectivity index (χ3v) is 1.31. The zero-order valence-electron chi connectivity index (χ0n) is 6.73. The summed E-state index contributed by atoms with van der Waals surface area (Å²) in [7, 11) is 0. The molecule has 0 spiro atoms. The first-order valence-electron chi connectivity index (χ1n) is 3.68. The molecule has 1 N–H and O–H groups in total. The molecule has 1 aromatic rings. The van der Waals surface area contributed by atoms with E-state index >= 15 is 0 Å². The summed E-state index contributed by atoms with van der Waals surface area (Å²) in [5.41, 5.74) is 0. The maximum absolute atomic E-state index is 11.0. The zero-order chi connectivity index (χ0) is 8.81. The van der Waals surface area contributed by atoms with Crippen LogP contribution in [0.25, 0.3) is 0 Å². The minimum atomic E-state index is -0.0569. The number of carbonyl (C=O) groups is 1. The summed E-state index contributed by atoms with van der Waals surface area (Å²) in [6.45, 7) is 4.26. The molecular formula is C8H11N3O. The fraction of sp³-hybridized carbons (Fsp3) is 0.250. The fourth-order valence-electron chi connectivity index (χ4n) is 0.783. The molecule has 0 aromatic carbocycles. The lowest BCUT2D eigenvalue weighted by atomic mass is 10.5. The average molecular weight is 165 g/mol. The van der Waals surface area contributed by atoms with Gasteiger partial charge in [-0.05, 0) is 6.07 Å². The molecule has 0 unspecified atom stereocenters. The van der Waals surface area contributed by atoms with E-state index in [0.29, 0.717) is 6.54 Å². The van der Waals surface area contributed by atoms with Gasteiger partial charge in [-0.15, -0.1) is 6.58 Å². The maximum Gasteiger partial charge on any atom is 0.241 e. The van der Waals surface area contributed by atoms with Gasteiger partial charge in [0.1, 0.15) is 6.54 Å². The van der Waals surface area contributed by atoms with Gasteiger partial charge in [-0.25, -0.2) is 0 Å². The second-order valence-electron chi connectivity index (χ2n) is 2.30. The molecule has 1 amide bonds. The Morgan fingerprint density at radius 3 is 3.17 bits per heavy atom. The van der Waals surface area contributed by atoms with Gasteiger partial charge in [0.05, 0.1) is 0 Å². The van der Waals surface area contributed by atoms with Crippen molar-refractivity contribution < 1.29 is 4.79 Å². The molecule has 0 bridgehead atoms. The van der Waals surface area contributed by atoms with Crippen molar-refractivity contribution in [2.75, 3.05) is 6.54 Å². The number of hydrogen-bond acceptors (Lipinski definition) is 2. The molecule has 0 atom stereocenters. The van der Waals surface area contributed by atoms with E-state index in [2.05, 4.69) is 17.0 Å². The van der Waals surface area contributed by atoms with E-state index in [0.717, 1.165) is 0 Å². The summed E-state index contributed by atoms with van der Waals surface area (Å²) in [6.07, 6.45) is 5.02. The van der Waals surface area contributed by atoms with Gasteiger partial charge in [0.2, 0.25) is 5.91 Å². The third kappa shape index (κ3) is 2.57. The summed E-state index contributed by atoms with van der Waals surface area (Å²) in [4.78, 5) is 11.0. The first-order chi connectivity index (χ1) is 5.83. The molecule has 0 aliphatic heterocycles. The fourth-order valence-corrected chi connectivity index (χ4v) is 0.783. The number of hydrogen-bond donors (Lipinski definition) is 1. The topological polar surface area (TPSA) is 46.9 Å². The third-order valence-electron chi connectivity index (χ3n) is 1.31. The zero-order valence-corrected chi connectivity index (χ0v) is 6.73. The maximum atomic E-state index is 11.0. The summed E-state index contributed by atoms with van der Waals surface area (Å²) >= 11 is 0. The number of nitrogens with one attached hydrogen (secondary N) is 1. The highest BCUT2D eigenvalue weighted by atomic mass is 16.2. The lowest BCUT2D eigenvalue weighted by molar-refractivity contribution is -0.121. The van der Waals surface area contributed by atoms with Crippen molar-refractivity contribution in [1.82, 2.24) is 15.1 Å². The Morgan fingerprint density at radius 1 is 1.75 bits per heavy atom. The Kier molecular flexibility index (Phi) is 3.07. The van der Waals surface area contributed by atoms with Gasteiger partial charge in [-0.2, -0.15) is 5.10 Å². The molecule has 0 fully saturated rings. The summed E-state index contributed by atoms with van der Waals surface area (Å²) < 4.78 is 1.57. The summed E-state index contributed by atoms with van der Waals surface area (Å²) in [5.74, 6) is -0.0569. The van der Waals surface area contributed by atoms with Crippen molar-refractivity contribution in [3.8, 4) is 0 Å². The van der Waals surface area contributed by atoms with E-state index in [4.69, 9.17) is 0 Å². The van der Waals surface area contributed by atoms with Crippen LogP contribution in [0.2, 0.25) is 0 Å². The molecule has 0 saturated heterocycles. The minimum absolute atomic E-state index is 0.0569. The molecule has 1 aromatic heterocycles. The van der Waals surface area contributed by atoms with Crippen LogP contribution in [-0.4, -0.2) is 22.2 Å². The largest absolute Gasteiger partial charge is 0.351 e. The Bertz CT molecular complexity index is 253. The lowest BCUT2D eigenvalue weighted by Crippen LogP contribution is -2.27. The van der Waals surface area contributed by atoms with Crippen LogP contribution < -0.4 is 5.32 Å². The molecule has 1 rings (SSSR count). The van der Waals surface area contributed by atoms with Gasteiger partial charge in [0.15, 0.2) is 0 Å². The highest BCUT2D eigenvalue weighted by Crippen LogP contribution is 1.83. The monoisotopic (exact) mass is 165 g/mol. The van der Waals surface area contributed by atoms with Crippen LogP contribution >= 0.6 is 0 Å². The number of rotatable bonds is 4. The Morgan fingerprint density at radius 2 is 2.58 bits per heavy atom. The predicted molar refractivity (Wildman–Crippen MR) is 45.4 cm³/mol. The van der Waals surface area contributed by atoms with Gasteiger partial charge in [-0.1, -0.05) is 6.08 Å². The first kappa shape index (κ1) is 8.52. The van der Waals surface area contributed by atoms with Crippen molar-refractivity contribution in [1.29, 1.82) is 0 Å². The number of nitrogens with zero attached hydrogens (tertiary/aromatic N) is 2. The van der Waals surface area contributed by atoms with Gasteiger partial charge in [-0.3, -0.25) is 9.48 Å². The average Bonchev–Trinajstić information content (AvgIpc) is 2.53. The van der Waals surface area contributed by atoms with E-state index in [1.165, 1.54) is 0 Å². The van der Waals surface area contributed by atoms with Gasteiger partial charge >= 0.3 is 0 Å². The highest BCUT2D eigenvalue weighted by molar-refractivity contribution is 5.75. The quantitative estimate of drug-likeness (QED) is 0.647. The van der Waals surface area contributed by atoms with Crippen LogP contribution in [0.1, 0.15) is 0 Å². The van der Waals surface area contributed by atoms with Crippen molar-refractivity contribution in [3.63, 3.8) is 0 Å². The second-order valence-corrected chi connectivity index (χ2v) is 2.30. The SMILES string of the molecule is C=CCNC(=O)Cn1cccn1. The smallest absolute Gasteiger partial charge is 0.241 e. The van der Waals surface area contributed by atoms with Crippen molar-refractivity contribution in [2.45, 2.75) is 6.54 Å². The van der Waals surface area contributed by atoms with E-state index in [9.17, 15) is 4.79 Å². The second kappa shape index (κ2) is 4.33. The molecule has 0 radical (unpaired) electrons. The van der Waals surface area contributed by atoms with E-state index in [1.54, 1.807) is 29.2 Å². The first-order valence-corrected chi connectivity index (χ1v) is 3.68. The molecular weight excluding hydrogens is 154 g/mol. The Labute approximate surface area is 70.9 Å². The van der Waals surface area contributed by atoms with Crippen LogP contribution in [-0.2, 0) is 11.3 Å². The van der Waals surface area contributed by atoms with Crippen molar-refractivity contribution in [3.05, 3.63) is 31.1 Å². The minimum Gasteiger partial charge on any atom is -0.351 e. The van der Waals surface area contributed by atoms with E-state index < -0.39 is 0 Å². The van der Waals surface area contributed by atoms with Crippen LogP contribution in [0.15, 0.2) is 31.1 Å². The standard InChI is InChI=1S/C8H11N3O/c1-2-4-9-8(12)7-11-6-3-5-10-11/h2-3,5-6H,1,4,7H2,(H,9,12). The highest BCUT2D eigenvalue weighted by Gasteiger charge is 1.99. The van der Waals surface area contributed by atoms with E-state index in [1.807, 2.05) is 0 Å². The van der Waals surface area contributed by atoms with Crippen molar-refractivity contribution >= 4 is 5.91 Å². The Balaban J connectivity index is 2.32. The van der Waals surface area contributed by atoms with Gasteiger partial charge in [0, 0.05) is 18.9 Å². The Hall–Kier alpha value is -1.58.